The Labute approximate surface area is 116 Å². The molecular weight excluding hydrogens is 285 g/mol. The van der Waals surface area contributed by atoms with Crippen LogP contribution in [0.2, 0.25) is 0 Å². The monoisotopic (exact) mass is 299 g/mol. The SMILES string of the molecule is O=S(=O)(Cc1cccc(F)c1)NCC(O)c1ccco1. The van der Waals surface area contributed by atoms with Gasteiger partial charge >= 0.3 is 0 Å². The second-order valence-corrected chi connectivity index (χ2v) is 6.08. The molecule has 0 radical (unpaired) electrons. The summed E-state index contributed by atoms with van der Waals surface area (Å²) in [5, 5.41) is 9.70. The zero-order chi connectivity index (χ0) is 14.6. The molecule has 2 rings (SSSR count). The molecular formula is C13H14FNO4S. The van der Waals surface area contributed by atoms with Crippen molar-refractivity contribution >= 4 is 10.0 Å². The summed E-state index contributed by atoms with van der Waals surface area (Å²) in [4.78, 5) is 0. The van der Waals surface area contributed by atoms with Gasteiger partial charge in [0, 0.05) is 6.54 Å². The Kier molecular flexibility index (Phi) is 4.53. The Morgan fingerprint density at radius 2 is 2.10 bits per heavy atom. The standard InChI is InChI=1S/C13H14FNO4S/c14-11-4-1-3-10(7-11)9-20(17,18)15-8-12(16)13-5-2-6-19-13/h1-7,12,15-16H,8-9H2. The number of halogens is 1. The molecule has 2 aromatic rings. The van der Waals surface area contributed by atoms with E-state index in [1.807, 2.05) is 0 Å². The summed E-state index contributed by atoms with van der Waals surface area (Å²) in [5.74, 6) is -0.568. The van der Waals surface area contributed by atoms with Crippen LogP contribution in [0, 0.1) is 5.82 Å². The lowest BCUT2D eigenvalue weighted by molar-refractivity contribution is 0.154. The lowest BCUT2D eigenvalue weighted by atomic mass is 10.2. The molecule has 1 aromatic carbocycles. The molecule has 0 amide bonds. The van der Waals surface area contributed by atoms with Gasteiger partial charge in [-0.25, -0.2) is 17.5 Å². The molecule has 1 atom stereocenters. The predicted octanol–water partition coefficient (Wildman–Crippen LogP) is 1.57. The van der Waals surface area contributed by atoms with E-state index in [1.54, 1.807) is 12.1 Å². The van der Waals surface area contributed by atoms with Gasteiger partial charge in [-0.3, -0.25) is 0 Å². The minimum Gasteiger partial charge on any atom is -0.467 e. The summed E-state index contributed by atoms with van der Waals surface area (Å²) < 4.78 is 43.8. The maximum absolute atomic E-state index is 13.0. The first-order valence-electron chi connectivity index (χ1n) is 5.89. The molecule has 0 aliphatic rings. The number of aliphatic hydroxyl groups excluding tert-OH is 1. The fourth-order valence-corrected chi connectivity index (χ4v) is 2.82. The second-order valence-electron chi connectivity index (χ2n) is 4.27. The van der Waals surface area contributed by atoms with Gasteiger partial charge in [-0.1, -0.05) is 12.1 Å². The molecule has 0 saturated carbocycles. The summed E-state index contributed by atoms with van der Waals surface area (Å²) in [6.07, 6.45) is 0.326. The van der Waals surface area contributed by atoms with Gasteiger partial charge in [0.25, 0.3) is 0 Å². The van der Waals surface area contributed by atoms with Crippen LogP contribution in [0.4, 0.5) is 4.39 Å². The molecule has 20 heavy (non-hydrogen) atoms. The quantitative estimate of drug-likeness (QED) is 0.848. The van der Waals surface area contributed by atoms with Crippen molar-refractivity contribution in [3.05, 3.63) is 59.8 Å². The van der Waals surface area contributed by atoms with Crippen molar-refractivity contribution in [2.75, 3.05) is 6.54 Å². The Bertz CT molecular complexity index is 655. The maximum atomic E-state index is 13.0. The Hall–Kier alpha value is -1.70. The highest BCUT2D eigenvalue weighted by atomic mass is 32.2. The fourth-order valence-electron chi connectivity index (χ4n) is 1.68. The molecule has 108 valence electrons. The smallest absolute Gasteiger partial charge is 0.215 e. The van der Waals surface area contributed by atoms with Crippen LogP contribution in [0.1, 0.15) is 17.4 Å². The van der Waals surface area contributed by atoms with Crippen molar-refractivity contribution < 1.29 is 22.3 Å². The summed E-state index contributed by atoms with van der Waals surface area (Å²) in [6.45, 7) is -0.203. The zero-order valence-corrected chi connectivity index (χ0v) is 11.3. The van der Waals surface area contributed by atoms with Crippen molar-refractivity contribution in [3.8, 4) is 0 Å². The van der Waals surface area contributed by atoms with Gasteiger partial charge in [0.15, 0.2) is 0 Å². The average Bonchev–Trinajstić information content (AvgIpc) is 2.89. The van der Waals surface area contributed by atoms with Crippen molar-refractivity contribution in [2.45, 2.75) is 11.9 Å². The summed E-state index contributed by atoms with van der Waals surface area (Å²) >= 11 is 0. The van der Waals surface area contributed by atoms with E-state index in [9.17, 15) is 17.9 Å². The van der Waals surface area contributed by atoms with Gasteiger partial charge in [0.2, 0.25) is 10.0 Å². The minimum atomic E-state index is -3.66. The first-order chi connectivity index (χ1) is 9.46. The van der Waals surface area contributed by atoms with E-state index in [0.717, 1.165) is 6.07 Å². The van der Waals surface area contributed by atoms with E-state index in [-0.39, 0.29) is 18.1 Å². The van der Waals surface area contributed by atoms with E-state index in [2.05, 4.69) is 4.72 Å². The molecule has 0 aliphatic carbocycles. The Morgan fingerprint density at radius 3 is 2.75 bits per heavy atom. The van der Waals surface area contributed by atoms with Crippen molar-refractivity contribution in [1.29, 1.82) is 0 Å². The normalized spacial score (nSPS) is 13.3. The molecule has 0 spiro atoms. The topological polar surface area (TPSA) is 79.5 Å². The van der Waals surface area contributed by atoms with Crippen molar-refractivity contribution in [2.24, 2.45) is 0 Å². The first kappa shape index (κ1) is 14.7. The maximum Gasteiger partial charge on any atom is 0.215 e. The molecule has 5 nitrogen and oxygen atoms in total. The number of hydrogen-bond donors (Lipinski definition) is 2. The fraction of sp³-hybridized carbons (Fsp3) is 0.231. The lowest BCUT2D eigenvalue weighted by Gasteiger charge is -2.10. The molecule has 1 aromatic heterocycles. The van der Waals surface area contributed by atoms with Crippen LogP contribution in [-0.2, 0) is 15.8 Å². The minimum absolute atomic E-state index is 0.203. The van der Waals surface area contributed by atoms with Crippen LogP contribution in [0.5, 0.6) is 0 Å². The average molecular weight is 299 g/mol. The van der Waals surface area contributed by atoms with Gasteiger partial charge in [-0.2, -0.15) is 0 Å². The van der Waals surface area contributed by atoms with E-state index in [1.165, 1.54) is 24.5 Å². The molecule has 7 heteroatoms. The zero-order valence-electron chi connectivity index (χ0n) is 10.5. The first-order valence-corrected chi connectivity index (χ1v) is 7.55. The van der Waals surface area contributed by atoms with E-state index in [0.29, 0.717) is 5.56 Å². The lowest BCUT2D eigenvalue weighted by Crippen LogP contribution is -2.29. The van der Waals surface area contributed by atoms with Crippen molar-refractivity contribution in [3.63, 3.8) is 0 Å². The number of nitrogens with one attached hydrogen (secondary N) is 1. The number of aliphatic hydroxyl groups is 1. The second kappa shape index (κ2) is 6.17. The third-order valence-electron chi connectivity index (χ3n) is 2.61. The van der Waals surface area contributed by atoms with Crippen LogP contribution in [0.3, 0.4) is 0 Å². The highest BCUT2D eigenvalue weighted by molar-refractivity contribution is 7.88. The van der Waals surface area contributed by atoms with Crippen LogP contribution >= 0.6 is 0 Å². The summed E-state index contributed by atoms with van der Waals surface area (Å²) in [7, 11) is -3.66. The Morgan fingerprint density at radius 1 is 1.30 bits per heavy atom. The van der Waals surface area contributed by atoms with Gasteiger partial charge in [0.05, 0.1) is 12.0 Å². The number of hydrogen-bond acceptors (Lipinski definition) is 4. The van der Waals surface area contributed by atoms with Crippen molar-refractivity contribution in [1.82, 2.24) is 4.72 Å². The van der Waals surface area contributed by atoms with Crippen LogP contribution in [-0.4, -0.2) is 20.1 Å². The molecule has 1 unspecified atom stereocenters. The highest BCUT2D eigenvalue weighted by Gasteiger charge is 2.16. The molecule has 0 fully saturated rings. The number of benzene rings is 1. The van der Waals surface area contributed by atoms with Crippen LogP contribution in [0.25, 0.3) is 0 Å². The third kappa shape index (κ3) is 4.16. The number of rotatable bonds is 6. The largest absolute Gasteiger partial charge is 0.467 e. The molecule has 0 aliphatic heterocycles. The molecule has 0 bridgehead atoms. The number of sulfonamides is 1. The van der Waals surface area contributed by atoms with E-state index < -0.39 is 21.9 Å². The number of furan rings is 1. The third-order valence-corrected chi connectivity index (χ3v) is 3.93. The predicted molar refractivity (Wildman–Crippen MR) is 70.7 cm³/mol. The highest BCUT2D eigenvalue weighted by Crippen LogP contribution is 2.13. The van der Waals surface area contributed by atoms with Gasteiger partial charge in [0.1, 0.15) is 17.7 Å². The molecule has 1 heterocycles. The van der Waals surface area contributed by atoms with Crippen LogP contribution in [0.15, 0.2) is 47.1 Å². The molecule has 0 saturated heterocycles. The Balaban J connectivity index is 1.94. The van der Waals surface area contributed by atoms with Crippen LogP contribution < -0.4 is 4.72 Å². The van der Waals surface area contributed by atoms with Gasteiger partial charge in [-0.15, -0.1) is 0 Å². The van der Waals surface area contributed by atoms with E-state index in [4.69, 9.17) is 4.42 Å². The summed E-state index contributed by atoms with van der Waals surface area (Å²) in [5.41, 5.74) is 0.338. The summed E-state index contributed by atoms with van der Waals surface area (Å²) in [6, 6.07) is 8.50. The van der Waals surface area contributed by atoms with Gasteiger partial charge < -0.3 is 9.52 Å². The van der Waals surface area contributed by atoms with Gasteiger partial charge in [-0.05, 0) is 29.8 Å². The molecule has 2 N–H and O–H groups in total. The van der Waals surface area contributed by atoms with E-state index >= 15 is 0 Å².